The Bertz CT molecular complexity index is 1080. The Hall–Kier alpha value is -3.73. The highest BCUT2D eigenvalue weighted by Crippen LogP contribution is 2.27. The fraction of sp³-hybridized carbons (Fsp3) is 0.150. The smallest absolute Gasteiger partial charge is 0.317 e. The number of rotatable bonds is 2. The first-order valence-corrected chi connectivity index (χ1v) is 8.61. The summed E-state index contributed by atoms with van der Waals surface area (Å²) in [5.74, 6) is -0.951. The first kappa shape index (κ1) is 17.7. The second-order valence-electron chi connectivity index (χ2n) is 6.39. The summed E-state index contributed by atoms with van der Waals surface area (Å²) < 4.78 is 28.5. The van der Waals surface area contributed by atoms with Crippen LogP contribution in [0.1, 0.15) is 11.3 Å². The van der Waals surface area contributed by atoms with Gasteiger partial charge in [-0.05, 0) is 35.9 Å². The number of urea groups is 1. The lowest BCUT2D eigenvalue weighted by atomic mass is 10.1. The van der Waals surface area contributed by atoms with Gasteiger partial charge in [0.2, 0.25) is 0 Å². The molecule has 0 saturated carbocycles. The molecule has 1 aliphatic rings. The highest BCUT2D eigenvalue weighted by Gasteiger charge is 2.24. The van der Waals surface area contributed by atoms with Crippen LogP contribution in [0.3, 0.4) is 0 Å². The van der Waals surface area contributed by atoms with Gasteiger partial charge < -0.3 is 10.2 Å². The molecule has 2 amide bonds. The van der Waals surface area contributed by atoms with Crippen molar-refractivity contribution in [3.63, 3.8) is 0 Å². The van der Waals surface area contributed by atoms with E-state index in [2.05, 4.69) is 10.4 Å². The minimum Gasteiger partial charge on any atom is -0.317 e. The molecular formula is C20H15F2N5O. The van der Waals surface area contributed by atoms with Crippen molar-refractivity contribution in [2.75, 3.05) is 11.9 Å². The molecule has 28 heavy (non-hydrogen) atoms. The molecule has 2 heterocycles. The van der Waals surface area contributed by atoms with Crippen LogP contribution < -0.4 is 5.32 Å². The molecule has 0 spiro atoms. The lowest BCUT2D eigenvalue weighted by Crippen LogP contribution is -2.41. The summed E-state index contributed by atoms with van der Waals surface area (Å²) in [6, 6.07) is 11.4. The van der Waals surface area contributed by atoms with E-state index in [-0.39, 0.29) is 17.4 Å². The number of carbonyl (C=O) groups excluding carboxylic acids is 1. The molecular weight excluding hydrogens is 364 g/mol. The number of anilines is 1. The second kappa shape index (κ2) is 7.12. The summed E-state index contributed by atoms with van der Waals surface area (Å²) in [6.45, 7) is 1.30. The maximum absolute atomic E-state index is 13.4. The number of hydrogen-bond acceptors (Lipinski definition) is 3. The molecule has 1 N–H and O–H groups in total. The van der Waals surface area contributed by atoms with E-state index in [9.17, 15) is 13.6 Å². The van der Waals surface area contributed by atoms with Crippen LogP contribution in [-0.2, 0) is 13.1 Å². The number of fused-ring (bicyclic) bond motifs is 1. The van der Waals surface area contributed by atoms with Gasteiger partial charge in [0.25, 0.3) is 0 Å². The number of benzene rings is 2. The van der Waals surface area contributed by atoms with Gasteiger partial charge in [-0.2, -0.15) is 10.4 Å². The van der Waals surface area contributed by atoms with Crippen LogP contribution in [0, 0.1) is 23.0 Å². The third kappa shape index (κ3) is 3.30. The zero-order chi connectivity index (χ0) is 19.7. The Morgan fingerprint density at radius 1 is 1.14 bits per heavy atom. The lowest BCUT2D eigenvalue weighted by molar-refractivity contribution is 0.194. The van der Waals surface area contributed by atoms with Gasteiger partial charge in [-0.15, -0.1) is 0 Å². The van der Waals surface area contributed by atoms with Gasteiger partial charge >= 0.3 is 6.03 Å². The van der Waals surface area contributed by atoms with Crippen molar-refractivity contribution in [2.24, 2.45) is 0 Å². The van der Waals surface area contributed by atoms with Crippen LogP contribution in [-0.4, -0.2) is 27.3 Å². The summed E-state index contributed by atoms with van der Waals surface area (Å²) in [6.07, 6.45) is 1.71. The molecule has 0 atom stereocenters. The van der Waals surface area contributed by atoms with Crippen molar-refractivity contribution in [1.29, 1.82) is 5.26 Å². The number of nitriles is 1. The van der Waals surface area contributed by atoms with E-state index in [0.717, 1.165) is 22.9 Å². The van der Waals surface area contributed by atoms with Crippen molar-refractivity contribution in [1.82, 2.24) is 14.7 Å². The third-order valence-corrected chi connectivity index (χ3v) is 4.65. The molecule has 8 heteroatoms. The molecule has 6 nitrogen and oxygen atoms in total. The topological polar surface area (TPSA) is 74.0 Å². The van der Waals surface area contributed by atoms with Crippen LogP contribution in [0.5, 0.6) is 0 Å². The highest BCUT2D eigenvalue weighted by molar-refractivity contribution is 5.89. The molecule has 0 unspecified atom stereocenters. The van der Waals surface area contributed by atoms with Gasteiger partial charge in [0, 0.05) is 17.8 Å². The van der Waals surface area contributed by atoms with Gasteiger partial charge in [0.1, 0.15) is 17.7 Å². The summed E-state index contributed by atoms with van der Waals surface area (Å²) in [5.41, 5.74) is 2.73. The monoisotopic (exact) mass is 379 g/mol. The van der Waals surface area contributed by atoms with Crippen LogP contribution >= 0.6 is 0 Å². The summed E-state index contributed by atoms with van der Waals surface area (Å²) >= 11 is 0. The number of halogens is 2. The van der Waals surface area contributed by atoms with E-state index in [1.165, 1.54) is 24.3 Å². The van der Waals surface area contributed by atoms with Crippen molar-refractivity contribution >= 4 is 11.7 Å². The molecule has 2 aromatic carbocycles. The third-order valence-electron chi connectivity index (χ3n) is 4.65. The number of aromatic nitrogens is 2. The Morgan fingerprint density at radius 2 is 1.93 bits per heavy atom. The predicted octanol–water partition coefficient (Wildman–Crippen LogP) is 3.75. The zero-order valence-electron chi connectivity index (χ0n) is 14.7. The van der Waals surface area contributed by atoms with Gasteiger partial charge in [-0.1, -0.05) is 12.1 Å². The summed E-state index contributed by atoms with van der Waals surface area (Å²) in [7, 11) is 0. The lowest BCUT2D eigenvalue weighted by Gasteiger charge is -2.28. The normalized spacial score (nSPS) is 13.0. The summed E-state index contributed by atoms with van der Waals surface area (Å²) in [4.78, 5) is 14.2. The van der Waals surface area contributed by atoms with Crippen molar-refractivity contribution in [3.05, 3.63) is 71.6 Å². The predicted molar refractivity (Wildman–Crippen MR) is 98.2 cm³/mol. The van der Waals surface area contributed by atoms with Gasteiger partial charge in [0.15, 0.2) is 0 Å². The Morgan fingerprint density at radius 3 is 2.68 bits per heavy atom. The fourth-order valence-corrected chi connectivity index (χ4v) is 3.18. The fourth-order valence-electron chi connectivity index (χ4n) is 3.18. The number of amides is 2. The Kier molecular flexibility index (Phi) is 4.49. The second-order valence-corrected chi connectivity index (χ2v) is 6.39. The van der Waals surface area contributed by atoms with Gasteiger partial charge in [0.05, 0.1) is 30.5 Å². The summed E-state index contributed by atoms with van der Waals surface area (Å²) in [5, 5.41) is 16.0. The molecule has 1 aliphatic heterocycles. The molecule has 4 rings (SSSR count). The van der Waals surface area contributed by atoms with E-state index in [1.54, 1.807) is 29.3 Å². The van der Waals surface area contributed by atoms with E-state index in [0.29, 0.717) is 25.3 Å². The number of carbonyl (C=O) groups is 1. The average molecular weight is 379 g/mol. The van der Waals surface area contributed by atoms with Gasteiger partial charge in [-0.25, -0.2) is 13.6 Å². The maximum Gasteiger partial charge on any atom is 0.322 e. The van der Waals surface area contributed by atoms with E-state index >= 15 is 0 Å². The highest BCUT2D eigenvalue weighted by atomic mass is 19.1. The Labute approximate surface area is 159 Å². The maximum atomic E-state index is 13.4. The minimum absolute atomic E-state index is 0.131. The molecule has 3 aromatic rings. The number of hydrogen-bond donors (Lipinski definition) is 1. The molecule has 0 bridgehead atoms. The number of nitrogens with one attached hydrogen (secondary N) is 1. The van der Waals surface area contributed by atoms with Crippen molar-refractivity contribution in [2.45, 2.75) is 13.1 Å². The molecule has 0 radical (unpaired) electrons. The Balaban J connectivity index is 1.54. The molecule has 1 aromatic heterocycles. The van der Waals surface area contributed by atoms with Crippen LogP contribution in [0.25, 0.3) is 11.1 Å². The molecule has 0 fully saturated rings. The average Bonchev–Trinajstić information content (AvgIpc) is 3.13. The minimum atomic E-state index is -0.633. The van der Waals surface area contributed by atoms with E-state index in [4.69, 9.17) is 5.26 Å². The standard InChI is InChI=1S/C20H15F2N5O/c21-15-3-1-13(2-4-15)17-11-24-27-8-7-26(12-19(17)27)20(28)25-16-5-6-18(22)14(9-16)10-23/h1-6,9,11H,7-8,12H2,(H,25,28). The van der Waals surface area contributed by atoms with Crippen molar-refractivity contribution < 1.29 is 13.6 Å². The van der Waals surface area contributed by atoms with E-state index in [1.807, 2.05) is 4.68 Å². The molecule has 0 aliphatic carbocycles. The molecule has 140 valence electrons. The van der Waals surface area contributed by atoms with Crippen LogP contribution in [0.15, 0.2) is 48.7 Å². The quantitative estimate of drug-likeness (QED) is 0.737. The van der Waals surface area contributed by atoms with Crippen molar-refractivity contribution in [3.8, 4) is 17.2 Å². The first-order valence-electron chi connectivity index (χ1n) is 8.61. The SMILES string of the molecule is N#Cc1cc(NC(=O)N2CCn3ncc(-c4ccc(F)cc4)c3C2)ccc1F. The van der Waals surface area contributed by atoms with Crippen LogP contribution in [0.4, 0.5) is 19.3 Å². The first-order chi connectivity index (χ1) is 13.5. The van der Waals surface area contributed by atoms with Crippen LogP contribution in [0.2, 0.25) is 0 Å². The largest absolute Gasteiger partial charge is 0.322 e. The number of nitrogens with zero attached hydrogens (tertiary/aromatic N) is 4. The molecule has 0 saturated heterocycles. The van der Waals surface area contributed by atoms with E-state index < -0.39 is 5.82 Å². The zero-order valence-corrected chi connectivity index (χ0v) is 14.7. The van der Waals surface area contributed by atoms with Gasteiger partial charge in [-0.3, -0.25) is 4.68 Å².